The zero-order valence-electron chi connectivity index (χ0n) is 13.3. The molecule has 2 rings (SSSR count). The van der Waals surface area contributed by atoms with Gasteiger partial charge < -0.3 is 9.73 Å². The van der Waals surface area contributed by atoms with Crippen LogP contribution in [0.5, 0.6) is 0 Å². The van der Waals surface area contributed by atoms with Crippen LogP contribution in [0.3, 0.4) is 0 Å². The summed E-state index contributed by atoms with van der Waals surface area (Å²) in [6.07, 6.45) is 1.53. The molecule has 0 saturated carbocycles. The average molecular weight is 336 g/mol. The van der Waals surface area contributed by atoms with Gasteiger partial charge in [-0.05, 0) is 57.2 Å². The van der Waals surface area contributed by atoms with Gasteiger partial charge in [-0.15, -0.1) is 0 Å². The van der Waals surface area contributed by atoms with E-state index < -0.39 is 15.6 Å². The highest BCUT2D eigenvalue weighted by Crippen LogP contribution is 2.14. The molecule has 2 aromatic rings. The van der Waals surface area contributed by atoms with Crippen LogP contribution in [0, 0.1) is 0 Å². The summed E-state index contributed by atoms with van der Waals surface area (Å²) in [5, 5.41) is 2.70. The van der Waals surface area contributed by atoms with Crippen molar-refractivity contribution in [1.29, 1.82) is 0 Å². The summed E-state index contributed by atoms with van der Waals surface area (Å²) in [6.45, 7) is 5.57. The van der Waals surface area contributed by atoms with Gasteiger partial charge in [0, 0.05) is 11.1 Å². The monoisotopic (exact) mass is 336 g/mol. The molecule has 0 unspecified atom stereocenters. The van der Waals surface area contributed by atoms with E-state index in [0.717, 1.165) is 0 Å². The van der Waals surface area contributed by atoms with Crippen LogP contribution in [0.2, 0.25) is 0 Å². The van der Waals surface area contributed by atoms with Gasteiger partial charge in [0.1, 0.15) is 5.76 Å². The molecule has 0 aliphatic heterocycles. The number of rotatable bonds is 5. The van der Waals surface area contributed by atoms with E-state index in [-0.39, 0.29) is 17.3 Å². The van der Waals surface area contributed by atoms with Crippen LogP contribution in [0.25, 0.3) is 0 Å². The number of nitrogens with one attached hydrogen (secondary N) is 2. The first-order valence-electron chi connectivity index (χ1n) is 7.12. The van der Waals surface area contributed by atoms with E-state index >= 15 is 0 Å². The number of amides is 1. The number of hydrogen-bond acceptors (Lipinski definition) is 4. The van der Waals surface area contributed by atoms with Gasteiger partial charge >= 0.3 is 0 Å². The normalized spacial score (nSPS) is 12.1. The molecular weight excluding hydrogens is 316 g/mol. The molecule has 0 fully saturated rings. The molecule has 0 spiro atoms. The molecule has 0 bridgehead atoms. The topological polar surface area (TPSA) is 88.4 Å². The molecule has 124 valence electrons. The minimum absolute atomic E-state index is 0.120. The third-order valence-corrected chi connectivity index (χ3v) is 4.64. The molecule has 6 nitrogen and oxygen atoms in total. The van der Waals surface area contributed by atoms with Crippen LogP contribution >= 0.6 is 0 Å². The SMILES string of the molecule is CC(C)(C)NS(=O)(=O)c1ccc(C(=O)NCc2ccco2)cc1. The number of benzene rings is 1. The minimum atomic E-state index is -3.60. The summed E-state index contributed by atoms with van der Waals surface area (Å²) in [4.78, 5) is 12.1. The molecule has 23 heavy (non-hydrogen) atoms. The Morgan fingerprint density at radius 3 is 2.30 bits per heavy atom. The molecule has 7 heteroatoms. The second kappa shape index (κ2) is 6.55. The van der Waals surface area contributed by atoms with Crippen molar-refractivity contribution in [3.8, 4) is 0 Å². The average Bonchev–Trinajstić information content (AvgIpc) is 2.95. The Morgan fingerprint density at radius 2 is 1.78 bits per heavy atom. The first-order valence-corrected chi connectivity index (χ1v) is 8.60. The van der Waals surface area contributed by atoms with Crippen LogP contribution in [0.1, 0.15) is 36.9 Å². The molecule has 0 aliphatic rings. The van der Waals surface area contributed by atoms with E-state index in [2.05, 4.69) is 10.0 Å². The number of hydrogen-bond donors (Lipinski definition) is 2. The zero-order chi connectivity index (χ0) is 17.1. The Balaban J connectivity index is 2.05. The molecule has 1 heterocycles. The lowest BCUT2D eigenvalue weighted by atomic mass is 10.1. The van der Waals surface area contributed by atoms with Crippen LogP contribution in [-0.4, -0.2) is 19.9 Å². The van der Waals surface area contributed by atoms with Gasteiger partial charge in [0.2, 0.25) is 10.0 Å². The van der Waals surface area contributed by atoms with Gasteiger partial charge in [-0.3, -0.25) is 4.79 Å². The Kier molecular flexibility index (Phi) is 4.91. The predicted molar refractivity (Wildman–Crippen MR) is 86.4 cm³/mol. The largest absolute Gasteiger partial charge is 0.467 e. The van der Waals surface area contributed by atoms with E-state index in [1.165, 1.54) is 30.5 Å². The molecular formula is C16H20N2O4S. The smallest absolute Gasteiger partial charge is 0.251 e. The summed E-state index contributed by atoms with van der Waals surface area (Å²) >= 11 is 0. The predicted octanol–water partition coefficient (Wildman–Crippen LogP) is 2.29. The van der Waals surface area contributed by atoms with Gasteiger partial charge in [0.15, 0.2) is 0 Å². The number of sulfonamides is 1. The van der Waals surface area contributed by atoms with Gasteiger partial charge in [0.25, 0.3) is 5.91 Å². The molecule has 1 amide bonds. The van der Waals surface area contributed by atoms with Crippen molar-refractivity contribution >= 4 is 15.9 Å². The Bertz CT molecular complexity index is 757. The Hall–Kier alpha value is -2.12. The third kappa shape index (κ3) is 4.94. The fraction of sp³-hybridized carbons (Fsp3) is 0.312. The number of furan rings is 1. The maximum Gasteiger partial charge on any atom is 0.251 e. The first-order chi connectivity index (χ1) is 10.7. The summed E-state index contributed by atoms with van der Waals surface area (Å²) < 4.78 is 32.1. The van der Waals surface area contributed by atoms with Crippen LogP contribution in [-0.2, 0) is 16.6 Å². The van der Waals surface area contributed by atoms with E-state index in [1.54, 1.807) is 32.9 Å². The lowest BCUT2D eigenvalue weighted by molar-refractivity contribution is 0.0948. The highest BCUT2D eigenvalue weighted by Gasteiger charge is 2.22. The molecule has 1 aromatic heterocycles. The van der Waals surface area contributed by atoms with Gasteiger partial charge in [-0.1, -0.05) is 0 Å². The summed E-state index contributed by atoms with van der Waals surface area (Å²) in [7, 11) is -3.60. The Morgan fingerprint density at radius 1 is 1.13 bits per heavy atom. The zero-order valence-corrected chi connectivity index (χ0v) is 14.1. The molecule has 2 N–H and O–H groups in total. The van der Waals surface area contributed by atoms with E-state index in [4.69, 9.17) is 4.42 Å². The second-order valence-electron chi connectivity index (χ2n) is 6.14. The lowest BCUT2D eigenvalue weighted by Gasteiger charge is -2.20. The third-order valence-electron chi connectivity index (χ3n) is 2.87. The van der Waals surface area contributed by atoms with Crippen molar-refractivity contribution in [1.82, 2.24) is 10.0 Å². The van der Waals surface area contributed by atoms with Crippen LogP contribution in [0.4, 0.5) is 0 Å². The fourth-order valence-corrected chi connectivity index (χ4v) is 3.35. The standard InChI is InChI=1S/C16H20N2O4S/c1-16(2,3)18-23(20,21)14-8-6-12(7-9-14)15(19)17-11-13-5-4-10-22-13/h4-10,18H,11H2,1-3H3,(H,17,19). The lowest BCUT2D eigenvalue weighted by Crippen LogP contribution is -2.40. The molecule has 0 saturated heterocycles. The van der Waals surface area contributed by atoms with E-state index in [9.17, 15) is 13.2 Å². The first kappa shape index (κ1) is 17.2. The van der Waals surface area contributed by atoms with Crippen molar-refractivity contribution in [3.63, 3.8) is 0 Å². The minimum Gasteiger partial charge on any atom is -0.467 e. The van der Waals surface area contributed by atoms with Crippen molar-refractivity contribution in [3.05, 3.63) is 54.0 Å². The number of carbonyl (C=O) groups excluding carboxylic acids is 1. The van der Waals surface area contributed by atoms with Gasteiger partial charge in [-0.2, -0.15) is 0 Å². The number of carbonyl (C=O) groups is 1. The molecule has 1 aromatic carbocycles. The van der Waals surface area contributed by atoms with E-state index in [0.29, 0.717) is 11.3 Å². The van der Waals surface area contributed by atoms with Gasteiger partial charge in [0.05, 0.1) is 17.7 Å². The fourth-order valence-electron chi connectivity index (χ4n) is 1.93. The van der Waals surface area contributed by atoms with Crippen molar-refractivity contribution in [2.24, 2.45) is 0 Å². The van der Waals surface area contributed by atoms with Gasteiger partial charge in [-0.25, -0.2) is 13.1 Å². The van der Waals surface area contributed by atoms with Crippen molar-refractivity contribution in [2.75, 3.05) is 0 Å². The van der Waals surface area contributed by atoms with E-state index in [1.807, 2.05) is 0 Å². The Labute approximate surface area is 135 Å². The second-order valence-corrected chi connectivity index (χ2v) is 7.82. The molecule has 0 aliphatic carbocycles. The van der Waals surface area contributed by atoms with Crippen molar-refractivity contribution in [2.45, 2.75) is 37.8 Å². The highest BCUT2D eigenvalue weighted by molar-refractivity contribution is 7.89. The molecule has 0 radical (unpaired) electrons. The maximum atomic E-state index is 12.2. The quantitative estimate of drug-likeness (QED) is 0.877. The van der Waals surface area contributed by atoms with Crippen LogP contribution in [0.15, 0.2) is 52.0 Å². The summed E-state index contributed by atoms with van der Waals surface area (Å²) in [6, 6.07) is 9.28. The highest BCUT2D eigenvalue weighted by atomic mass is 32.2. The van der Waals surface area contributed by atoms with Crippen LogP contribution < -0.4 is 10.0 Å². The maximum absolute atomic E-state index is 12.2. The summed E-state index contributed by atoms with van der Waals surface area (Å²) in [5.41, 5.74) is -0.191. The van der Waals surface area contributed by atoms with Crippen molar-refractivity contribution < 1.29 is 17.6 Å². The summed E-state index contributed by atoms with van der Waals surface area (Å²) in [5.74, 6) is 0.348. The molecule has 0 atom stereocenters.